The molecule has 0 spiro atoms. The molecular weight excluding hydrogens is 268 g/mol. The van der Waals surface area contributed by atoms with Crippen LogP contribution in [0.25, 0.3) is 6.08 Å². The molecule has 1 rings (SSSR count). The van der Waals surface area contributed by atoms with Crippen molar-refractivity contribution in [2.45, 2.75) is 39.4 Å². The van der Waals surface area contributed by atoms with Crippen LogP contribution in [-0.4, -0.2) is 33.8 Å². The van der Waals surface area contributed by atoms with Gasteiger partial charge in [-0.05, 0) is 44.4 Å². The third-order valence-corrected chi connectivity index (χ3v) is 3.16. The van der Waals surface area contributed by atoms with Crippen molar-refractivity contribution in [3.05, 3.63) is 46.5 Å². The van der Waals surface area contributed by atoms with Crippen LogP contribution in [-0.2, 0) is 6.42 Å². The first-order chi connectivity index (χ1) is 9.86. The number of aliphatic hydroxyl groups excluding tert-OH is 2. The summed E-state index contributed by atoms with van der Waals surface area (Å²) in [6, 6.07) is 3.23. The third kappa shape index (κ3) is 4.85. The van der Waals surface area contributed by atoms with Crippen molar-refractivity contribution in [2.24, 2.45) is 0 Å². The second-order valence-corrected chi connectivity index (χ2v) is 5.26. The average Bonchev–Trinajstić information content (AvgIpc) is 2.43. The molecule has 0 aromatic heterocycles. The maximum Gasteiger partial charge on any atom is 0.154 e. The molecule has 4 nitrogen and oxygen atoms in total. The molecule has 0 saturated heterocycles. The first-order valence-electron chi connectivity index (χ1n) is 6.84. The van der Waals surface area contributed by atoms with Gasteiger partial charge in [-0.25, -0.2) is 0 Å². The van der Waals surface area contributed by atoms with Crippen LogP contribution in [0.1, 0.15) is 42.3 Å². The van der Waals surface area contributed by atoms with E-state index in [1.54, 1.807) is 12.1 Å². The molecule has 0 saturated carbocycles. The molecule has 0 amide bonds. The topological polar surface area (TPSA) is 77.8 Å². The van der Waals surface area contributed by atoms with E-state index < -0.39 is 12.2 Å². The zero-order valence-corrected chi connectivity index (χ0v) is 12.6. The zero-order chi connectivity index (χ0) is 16.0. The quantitative estimate of drug-likeness (QED) is 0.555. The summed E-state index contributed by atoms with van der Waals surface area (Å²) in [7, 11) is 0. The highest BCUT2D eigenvalue weighted by Crippen LogP contribution is 2.25. The van der Waals surface area contributed by atoms with Crippen molar-refractivity contribution in [1.29, 1.82) is 0 Å². The number of allylic oxidation sites excluding steroid dienone is 2. The Balaban J connectivity index is 3.26. The van der Waals surface area contributed by atoms with Crippen LogP contribution in [0.2, 0.25) is 0 Å². The largest absolute Gasteiger partial charge is 0.507 e. The summed E-state index contributed by atoms with van der Waals surface area (Å²) >= 11 is 0. The van der Waals surface area contributed by atoms with Crippen LogP contribution in [0, 0.1) is 0 Å². The fourth-order valence-electron chi connectivity index (χ4n) is 1.84. The van der Waals surface area contributed by atoms with E-state index in [-0.39, 0.29) is 11.3 Å². The Morgan fingerprint density at radius 2 is 1.90 bits per heavy atom. The van der Waals surface area contributed by atoms with Crippen molar-refractivity contribution >= 4 is 12.4 Å². The molecule has 0 radical (unpaired) electrons. The number of hydrogen-bond acceptors (Lipinski definition) is 4. The van der Waals surface area contributed by atoms with E-state index in [2.05, 4.69) is 0 Å². The molecule has 4 heteroatoms. The first-order valence-corrected chi connectivity index (χ1v) is 6.84. The number of carbonyl (C=O) groups excluding carboxylic acids is 1. The summed E-state index contributed by atoms with van der Waals surface area (Å²) in [6.07, 6.45) is 4.28. The van der Waals surface area contributed by atoms with Crippen molar-refractivity contribution in [3.8, 4) is 5.75 Å². The maximum absolute atomic E-state index is 11.2. The first kappa shape index (κ1) is 17.1. The normalized spacial score (nSPS) is 14.0. The number of hydrogen-bond donors (Lipinski definition) is 3. The van der Waals surface area contributed by atoms with Crippen LogP contribution < -0.4 is 0 Å². The van der Waals surface area contributed by atoms with E-state index in [9.17, 15) is 20.1 Å². The lowest BCUT2D eigenvalue weighted by molar-refractivity contribution is 0.0624. The van der Waals surface area contributed by atoms with Gasteiger partial charge in [-0.3, -0.25) is 4.79 Å². The van der Waals surface area contributed by atoms with Crippen molar-refractivity contribution in [1.82, 2.24) is 0 Å². The minimum atomic E-state index is -1.02. The lowest BCUT2D eigenvalue weighted by atomic mass is 9.96. The van der Waals surface area contributed by atoms with Gasteiger partial charge in [0.2, 0.25) is 0 Å². The van der Waals surface area contributed by atoms with Crippen LogP contribution in [0.15, 0.2) is 29.9 Å². The molecule has 0 aliphatic carbocycles. The molecule has 0 bridgehead atoms. The molecule has 0 heterocycles. The minimum Gasteiger partial charge on any atom is -0.507 e. The Morgan fingerprint density at radius 3 is 2.43 bits per heavy atom. The average molecular weight is 290 g/mol. The molecule has 1 aromatic carbocycles. The molecule has 114 valence electrons. The number of benzene rings is 1. The summed E-state index contributed by atoms with van der Waals surface area (Å²) in [5.41, 5.74) is 2.76. The Bertz CT molecular complexity index is 552. The highest BCUT2D eigenvalue weighted by Gasteiger charge is 2.11. The van der Waals surface area contributed by atoms with E-state index in [1.165, 1.54) is 19.1 Å². The Labute approximate surface area is 125 Å². The molecule has 0 aliphatic rings. The van der Waals surface area contributed by atoms with Gasteiger partial charge >= 0.3 is 0 Å². The second-order valence-electron chi connectivity index (χ2n) is 5.26. The van der Waals surface area contributed by atoms with Gasteiger partial charge in [0.25, 0.3) is 0 Å². The summed E-state index contributed by atoms with van der Waals surface area (Å²) < 4.78 is 0. The highest BCUT2D eigenvalue weighted by atomic mass is 16.3. The molecule has 2 atom stereocenters. The van der Waals surface area contributed by atoms with Gasteiger partial charge in [-0.2, -0.15) is 0 Å². The maximum atomic E-state index is 11.2. The number of aliphatic hydroxyl groups is 2. The molecule has 0 fully saturated rings. The number of phenols is 1. The SMILES string of the molecule is CC(C)=CCc1ccc(O)c(C=O)c1C=CC(O)C(C)O. The fraction of sp³-hybridized carbons (Fsp3) is 0.353. The fourth-order valence-corrected chi connectivity index (χ4v) is 1.84. The number of phenolic OH excluding ortho intramolecular Hbond substituents is 1. The predicted molar refractivity (Wildman–Crippen MR) is 83.4 cm³/mol. The van der Waals surface area contributed by atoms with Crippen molar-refractivity contribution in [2.75, 3.05) is 0 Å². The summed E-state index contributed by atoms with van der Waals surface area (Å²) in [5.74, 6) is -0.0999. The molecule has 1 aromatic rings. The lowest BCUT2D eigenvalue weighted by Gasteiger charge is -2.11. The Kier molecular flexibility index (Phi) is 6.34. The van der Waals surface area contributed by atoms with E-state index in [0.717, 1.165) is 11.1 Å². The van der Waals surface area contributed by atoms with Crippen LogP contribution >= 0.6 is 0 Å². The van der Waals surface area contributed by atoms with Crippen LogP contribution in [0.4, 0.5) is 0 Å². The zero-order valence-electron chi connectivity index (χ0n) is 12.6. The van der Waals surface area contributed by atoms with Gasteiger partial charge in [0.15, 0.2) is 6.29 Å². The summed E-state index contributed by atoms with van der Waals surface area (Å²) in [6.45, 7) is 5.43. The number of aromatic hydroxyl groups is 1. The van der Waals surface area contributed by atoms with E-state index in [0.29, 0.717) is 18.3 Å². The van der Waals surface area contributed by atoms with Gasteiger partial charge in [-0.1, -0.05) is 29.9 Å². The van der Waals surface area contributed by atoms with Gasteiger partial charge < -0.3 is 15.3 Å². The number of aldehydes is 1. The second kappa shape index (κ2) is 7.76. The standard InChI is InChI=1S/C17H22O4/c1-11(2)4-5-13-6-8-17(21)15(10-18)14(13)7-9-16(20)12(3)19/h4,6-10,12,16,19-21H,5H2,1-3H3. The Morgan fingerprint density at radius 1 is 1.24 bits per heavy atom. The Hall–Kier alpha value is -1.91. The van der Waals surface area contributed by atoms with Gasteiger partial charge in [0.05, 0.1) is 17.8 Å². The van der Waals surface area contributed by atoms with Gasteiger partial charge in [0.1, 0.15) is 5.75 Å². The molecule has 0 aliphatic heterocycles. The summed E-state index contributed by atoms with van der Waals surface area (Å²) in [5, 5.41) is 28.7. The molecule has 2 unspecified atom stereocenters. The van der Waals surface area contributed by atoms with E-state index >= 15 is 0 Å². The smallest absolute Gasteiger partial charge is 0.154 e. The van der Waals surface area contributed by atoms with Crippen LogP contribution in [0.5, 0.6) is 5.75 Å². The summed E-state index contributed by atoms with van der Waals surface area (Å²) in [4.78, 5) is 11.2. The minimum absolute atomic E-state index is 0.0999. The van der Waals surface area contributed by atoms with E-state index in [1.807, 2.05) is 19.9 Å². The van der Waals surface area contributed by atoms with Gasteiger partial charge in [-0.15, -0.1) is 0 Å². The highest BCUT2D eigenvalue weighted by molar-refractivity contribution is 5.86. The lowest BCUT2D eigenvalue weighted by Crippen LogP contribution is -2.19. The van der Waals surface area contributed by atoms with E-state index in [4.69, 9.17) is 0 Å². The molecule has 21 heavy (non-hydrogen) atoms. The molecular formula is C17H22O4. The monoisotopic (exact) mass is 290 g/mol. The van der Waals surface area contributed by atoms with Crippen molar-refractivity contribution in [3.63, 3.8) is 0 Å². The van der Waals surface area contributed by atoms with Gasteiger partial charge in [0, 0.05) is 0 Å². The molecule has 3 N–H and O–H groups in total. The predicted octanol–water partition coefficient (Wildman–Crippen LogP) is 2.47. The number of carbonyl (C=O) groups is 1. The van der Waals surface area contributed by atoms with Crippen molar-refractivity contribution < 1.29 is 20.1 Å². The van der Waals surface area contributed by atoms with Crippen LogP contribution in [0.3, 0.4) is 0 Å². The third-order valence-electron chi connectivity index (χ3n) is 3.16. The number of rotatable bonds is 6.